The predicted octanol–water partition coefficient (Wildman–Crippen LogP) is 4.28. The van der Waals surface area contributed by atoms with E-state index in [-0.39, 0.29) is 12.1 Å². The van der Waals surface area contributed by atoms with Crippen molar-refractivity contribution in [3.63, 3.8) is 0 Å². The average Bonchev–Trinajstić information content (AvgIpc) is 2.99. The van der Waals surface area contributed by atoms with E-state index < -0.39 is 0 Å². The second-order valence-electron chi connectivity index (χ2n) is 5.10. The number of aromatic nitrogens is 2. The summed E-state index contributed by atoms with van der Waals surface area (Å²) in [5.74, 6) is 1.68. The van der Waals surface area contributed by atoms with Gasteiger partial charge in [0, 0.05) is 35.4 Å². The van der Waals surface area contributed by atoms with E-state index in [0.717, 1.165) is 30.0 Å². The minimum atomic E-state index is 0.153. The van der Waals surface area contributed by atoms with Gasteiger partial charge in [-0.05, 0) is 18.6 Å². The van der Waals surface area contributed by atoms with E-state index in [4.69, 9.17) is 27.9 Å². The maximum atomic E-state index is 6.23. The van der Waals surface area contributed by atoms with Crippen LogP contribution in [0.4, 0.5) is 0 Å². The van der Waals surface area contributed by atoms with E-state index in [2.05, 4.69) is 22.2 Å². The summed E-state index contributed by atoms with van der Waals surface area (Å²) in [6.45, 7) is 2.77. The van der Waals surface area contributed by atoms with Crippen molar-refractivity contribution in [2.45, 2.75) is 31.8 Å². The third kappa shape index (κ3) is 3.03. The Morgan fingerprint density at radius 2 is 2.33 bits per heavy atom. The summed E-state index contributed by atoms with van der Waals surface area (Å²) in [7, 11) is 0. The molecule has 2 atom stereocenters. The van der Waals surface area contributed by atoms with Gasteiger partial charge in [0.2, 0.25) is 0 Å². The van der Waals surface area contributed by atoms with Gasteiger partial charge < -0.3 is 15.0 Å². The van der Waals surface area contributed by atoms with Crippen molar-refractivity contribution in [3.05, 3.63) is 46.0 Å². The van der Waals surface area contributed by atoms with Crippen molar-refractivity contribution in [2.24, 2.45) is 0 Å². The van der Waals surface area contributed by atoms with Gasteiger partial charge in [0.1, 0.15) is 11.6 Å². The number of fused-ring (bicyclic) bond motifs is 1. The predicted molar refractivity (Wildman–Crippen MR) is 84.1 cm³/mol. The molecule has 2 heterocycles. The molecule has 0 saturated carbocycles. The Morgan fingerprint density at radius 3 is 3.05 bits per heavy atom. The van der Waals surface area contributed by atoms with E-state index in [9.17, 15) is 0 Å². The van der Waals surface area contributed by atoms with Crippen LogP contribution in [0.25, 0.3) is 0 Å². The Bertz CT molecular complexity index is 616. The zero-order valence-electron chi connectivity index (χ0n) is 11.7. The van der Waals surface area contributed by atoms with Crippen molar-refractivity contribution < 1.29 is 4.74 Å². The number of hydrogen-bond acceptors (Lipinski definition) is 3. The van der Waals surface area contributed by atoms with E-state index in [1.54, 1.807) is 12.3 Å². The summed E-state index contributed by atoms with van der Waals surface area (Å²) in [6, 6.07) is 3.96. The molecule has 2 N–H and O–H groups in total. The SMILES string of the molecule is CCC(NC1CCOc2c(Cl)cc(Cl)cc21)c1ncc[nH]1. The summed E-state index contributed by atoms with van der Waals surface area (Å²) < 4.78 is 5.69. The first-order chi connectivity index (χ1) is 10.2. The quantitative estimate of drug-likeness (QED) is 0.882. The van der Waals surface area contributed by atoms with Crippen LogP contribution in [0.1, 0.15) is 43.2 Å². The van der Waals surface area contributed by atoms with E-state index in [1.807, 2.05) is 12.3 Å². The molecule has 1 aliphatic heterocycles. The van der Waals surface area contributed by atoms with E-state index in [0.29, 0.717) is 16.7 Å². The third-order valence-electron chi connectivity index (χ3n) is 3.73. The Labute approximate surface area is 133 Å². The van der Waals surface area contributed by atoms with Crippen molar-refractivity contribution in [1.82, 2.24) is 15.3 Å². The zero-order valence-corrected chi connectivity index (χ0v) is 13.2. The molecule has 0 spiro atoms. The first-order valence-corrected chi connectivity index (χ1v) is 7.81. The Balaban J connectivity index is 1.88. The number of ether oxygens (including phenoxy) is 1. The number of imidazole rings is 1. The molecule has 1 aliphatic rings. The van der Waals surface area contributed by atoms with Crippen LogP contribution in [0.15, 0.2) is 24.5 Å². The van der Waals surface area contributed by atoms with Gasteiger partial charge in [0.15, 0.2) is 0 Å². The van der Waals surface area contributed by atoms with Crippen LogP contribution in [0, 0.1) is 0 Å². The van der Waals surface area contributed by atoms with Gasteiger partial charge in [-0.2, -0.15) is 0 Å². The van der Waals surface area contributed by atoms with Crippen LogP contribution in [-0.2, 0) is 0 Å². The summed E-state index contributed by atoms with van der Waals surface area (Å²) in [6.07, 6.45) is 5.42. The number of hydrogen-bond donors (Lipinski definition) is 2. The normalized spacial score (nSPS) is 18.9. The fourth-order valence-corrected chi connectivity index (χ4v) is 3.26. The van der Waals surface area contributed by atoms with Crippen LogP contribution in [-0.4, -0.2) is 16.6 Å². The van der Waals surface area contributed by atoms with Gasteiger partial charge in [-0.3, -0.25) is 0 Å². The molecule has 112 valence electrons. The fraction of sp³-hybridized carbons (Fsp3) is 0.400. The van der Waals surface area contributed by atoms with Gasteiger partial charge in [0.05, 0.1) is 17.7 Å². The molecule has 2 unspecified atom stereocenters. The molecule has 1 aromatic carbocycles. The van der Waals surface area contributed by atoms with Crippen molar-refractivity contribution >= 4 is 23.2 Å². The number of aromatic amines is 1. The molecule has 6 heteroatoms. The number of halogens is 2. The van der Waals surface area contributed by atoms with Crippen LogP contribution < -0.4 is 10.1 Å². The Hall–Kier alpha value is -1.23. The zero-order chi connectivity index (χ0) is 14.8. The molecule has 0 saturated heterocycles. The minimum Gasteiger partial charge on any atom is -0.492 e. The highest BCUT2D eigenvalue weighted by Gasteiger charge is 2.26. The topological polar surface area (TPSA) is 49.9 Å². The lowest BCUT2D eigenvalue weighted by Crippen LogP contribution is -2.31. The Morgan fingerprint density at radius 1 is 1.48 bits per heavy atom. The van der Waals surface area contributed by atoms with Gasteiger partial charge >= 0.3 is 0 Å². The number of H-pyrrole nitrogens is 1. The lowest BCUT2D eigenvalue weighted by molar-refractivity contribution is 0.242. The summed E-state index contributed by atoms with van der Waals surface area (Å²) in [5, 5.41) is 4.82. The van der Waals surface area contributed by atoms with E-state index in [1.165, 1.54) is 0 Å². The van der Waals surface area contributed by atoms with Crippen molar-refractivity contribution in [2.75, 3.05) is 6.61 Å². The van der Waals surface area contributed by atoms with Gasteiger partial charge in [-0.1, -0.05) is 30.1 Å². The molecule has 0 radical (unpaired) electrons. The van der Waals surface area contributed by atoms with Gasteiger partial charge in [-0.15, -0.1) is 0 Å². The molecule has 1 aromatic heterocycles. The van der Waals surface area contributed by atoms with Crippen molar-refractivity contribution in [1.29, 1.82) is 0 Å². The second-order valence-corrected chi connectivity index (χ2v) is 5.94. The number of rotatable bonds is 4. The number of benzene rings is 1. The van der Waals surface area contributed by atoms with Crippen molar-refractivity contribution in [3.8, 4) is 5.75 Å². The lowest BCUT2D eigenvalue weighted by atomic mass is 9.99. The highest BCUT2D eigenvalue weighted by molar-refractivity contribution is 6.35. The molecule has 3 rings (SSSR count). The maximum Gasteiger partial charge on any atom is 0.142 e. The molecule has 2 aromatic rings. The van der Waals surface area contributed by atoms with Crippen LogP contribution >= 0.6 is 23.2 Å². The third-order valence-corrected chi connectivity index (χ3v) is 4.22. The second kappa shape index (κ2) is 6.26. The average molecular weight is 326 g/mol. The molecular weight excluding hydrogens is 309 g/mol. The van der Waals surface area contributed by atoms with Crippen LogP contribution in [0.2, 0.25) is 10.0 Å². The molecule has 4 nitrogen and oxygen atoms in total. The van der Waals surface area contributed by atoms with Gasteiger partial charge in [-0.25, -0.2) is 4.98 Å². The maximum absolute atomic E-state index is 6.23. The highest BCUT2D eigenvalue weighted by atomic mass is 35.5. The molecule has 0 fully saturated rings. The minimum absolute atomic E-state index is 0.153. The first kappa shape index (κ1) is 14.7. The molecule has 21 heavy (non-hydrogen) atoms. The molecule has 0 bridgehead atoms. The molecular formula is C15H17Cl2N3O. The largest absolute Gasteiger partial charge is 0.492 e. The Kier molecular flexibility index (Phi) is 4.38. The lowest BCUT2D eigenvalue weighted by Gasteiger charge is -2.30. The number of nitrogens with zero attached hydrogens (tertiary/aromatic N) is 1. The number of nitrogens with one attached hydrogen (secondary N) is 2. The summed E-state index contributed by atoms with van der Waals surface area (Å²) >= 11 is 12.4. The monoisotopic (exact) mass is 325 g/mol. The summed E-state index contributed by atoms with van der Waals surface area (Å²) in [5.41, 5.74) is 1.02. The molecule has 0 amide bonds. The summed E-state index contributed by atoms with van der Waals surface area (Å²) in [4.78, 5) is 7.51. The standard InChI is InChI=1S/C15H17Cl2N3O/c1-2-12(15-18-4-5-19-15)20-13-3-6-21-14-10(13)7-9(16)8-11(14)17/h4-5,7-8,12-13,20H,2-3,6H2,1H3,(H,18,19). The first-order valence-electron chi connectivity index (χ1n) is 7.06. The smallest absolute Gasteiger partial charge is 0.142 e. The van der Waals surface area contributed by atoms with Gasteiger partial charge in [0.25, 0.3) is 0 Å². The van der Waals surface area contributed by atoms with Crippen LogP contribution in [0.3, 0.4) is 0 Å². The fourth-order valence-electron chi connectivity index (χ4n) is 2.70. The van der Waals surface area contributed by atoms with Crippen LogP contribution in [0.5, 0.6) is 5.75 Å². The highest BCUT2D eigenvalue weighted by Crippen LogP contribution is 2.40. The van der Waals surface area contributed by atoms with E-state index >= 15 is 0 Å². The molecule has 0 aliphatic carbocycles.